The molecule has 1 N–H and O–H groups in total. The summed E-state index contributed by atoms with van der Waals surface area (Å²) in [5.41, 5.74) is -0.488. The van der Waals surface area contributed by atoms with Crippen molar-refractivity contribution in [1.29, 1.82) is 0 Å². The van der Waals surface area contributed by atoms with E-state index in [1.165, 1.54) is 0 Å². The van der Waals surface area contributed by atoms with Gasteiger partial charge < -0.3 is 5.11 Å². The molecule has 1 heterocycles. The van der Waals surface area contributed by atoms with Gasteiger partial charge in [-0.25, -0.2) is 0 Å². The van der Waals surface area contributed by atoms with Crippen LogP contribution in [0.4, 0.5) is 0 Å². The molecular weight excluding hydrogens is 301 g/mol. The second kappa shape index (κ2) is 6.23. The van der Waals surface area contributed by atoms with Gasteiger partial charge in [0.25, 0.3) is 0 Å². The quantitative estimate of drug-likeness (QED) is 0.835. The zero-order chi connectivity index (χ0) is 14.0. The number of halogens is 2. The molecule has 1 aromatic rings. The van der Waals surface area contributed by atoms with Gasteiger partial charge >= 0.3 is 0 Å². The number of aliphatic hydroxyl groups is 1. The van der Waals surface area contributed by atoms with E-state index in [0.29, 0.717) is 10.9 Å². The lowest BCUT2D eigenvalue weighted by atomic mass is 9.83. The van der Waals surface area contributed by atoms with Crippen LogP contribution >= 0.6 is 35.0 Å². The minimum absolute atomic E-state index is 0.318. The van der Waals surface area contributed by atoms with E-state index < -0.39 is 5.60 Å². The van der Waals surface area contributed by atoms with Crippen LogP contribution in [0, 0.1) is 5.92 Å². The van der Waals surface area contributed by atoms with Gasteiger partial charge in [-0.3, -0.25) is 4.90 Å². The summed E-state index contributed by atoms with van der Waals surface area (Å²) in [7, 11) is 0. The second-order valence-electron chi connectivity index (χ2n) is 5.39. The SMILES string of the molecule is CC(C)C1(O)CN(CCSc2cc(Cl)ccc2Cl)C1. The van der Waals surface area contributed by atoms with E-state index in [1.54, 1.807) is 17.8 Å². The molecule has 1 aliphatic heterocycles. The highest BCUT2D eigenvalue weighted by Gasteiger charge is 2.42. The van der Waals surface area contributed by atoms with Gasteiger partial charge in [-0.1, -0.05) is 37.0 Å². The highest BCUT2D eigenvalue weighted by Crippen LogP contribution is 2.32. The molecule has 1 aliphatic rings. The lowest BCUT2D eigenvalue weighted by Crippen LogP contribution is -2.64. The van der Waals surface area contributed by atoms with Crippen molar-refractivity contribution in [2.24, 2.45) is 5.92 Å². The van der Waals surface area contributed by atoms with Gasteiger partial charge in [-0.05, 0) is 24.1 Å². The van der Waals surface area contributed by atoms with Gasteiger partial charge in [-0.15, -0.1) is 11.8 Å². The van der Waals surface area contributed by atoms with E-state index in [4.69, 9.17) is 23.2 Å². The first-order valence-corrected chi connectivity index (χ1v) is 8.17. The molecule has 0 radical (unpaired) electrons. The third-order valence-corrected chi connectivity index (χ3v) is 5.34. The van der Waals surface area contributed by atoms with Crippen LogP contribution in [0.15, 0.2) is 23.1 Å². The fraction of sp³-hybridized carbons (Fsp3) is 0.571. The summed E-state index contributed by atoms with van der Waals surface area (Å²) in [6.45, 7) is 6.64. The highest BCUT2D eigenvalue weighted by atomic mass is 35.5. The predicted molar refractivity (Wildman–Crippen MR) is 83.4 cm³/mol. The molecule has 19 heavy (non-hydrogen) atoms. The van der Waals surface area contributed by atoms with Crippen LogP contribution < -0.4 is 0 Å². The molecule has 0 amide bonds. The van der Waals surface area contributed by atoms with Crippen molar-refractivity contribution in [1.82, 2.24) is 4.90 Å². The maximum Gasteiger partial charge on any atom is 0.0922 e. The van der Waals surface area contributed by atoms with E-state index in [0.717, 1.165) is 35.3 Å². The van der Waals surface area contributed by atoms with Gasteiger partial charge in [0, 0.05) is 35.3 Å². The second-order valence-corrected chi connectivity index (χ2v) is 7.37. The number of benzene rings is 1. The Morgan fingerprint density at radius 2 is 2.05 bits per heavy atom. The van der Waals surface area contributed by atoms with Crippen molar-refractivity contribution in [3.05, 3.63) is 28.2 Å². The Labute approximate surface area is 129 Å². The zero-order valence-corrected chi connectivity index (χ0v) is 13.5. The number of hydrogen-bond acceptors (Lipinski definition) is 3. The third-order valence-electron chi connectivity index (χ3n) is 3.63. The monoisotopic (exact) mass is 319 g/mol. The van der Waals surface area contributed by atoms with Crippen LogP contribution in [-0.4, -0.2) is 41.0 Å². The topological polar surface area (TPSA) is 23.5 Å². The summed E-state index contributed by atoms with van der Waals surface area (Å²) in [5.74, 6) is 1.27. The van der Waals surface area contributed by atoms with E-state index in [2.05, 4.69) is 18.7 Å². The molecule has 0 atom stereocenters. The molecule has 0 aliphatic carbocycles. The molecule has 0 unspecified atom stereocenters. The minimum atomic E-state index is -0.488. The van der Waals surface area contributed by atoms with Gasteiger partial charge in [0.15, 0.2) is 0 Å². The van der Waals surface area contributed by atoms with Crippen LogP contribution in [-0.2, 0) is 0 Å². The smallest absolute Gasteiger partial charge is 0.0922 e. The number of nitrogens with zero attached hydrogens (tertiary/aromatic N) is 1. The standard InChI is InChI=1S/C14H19Cl2NOS/c1-10(2)14(18)8-17(9-14)5-6-19-13-7-11(15)3-4-12(13)16/h3-4,7,10,18H,5-6,8-9H2,1-2H3. The van der Waals surface area contributed by atoms with Crippen molar-refractivity contribution < 1.29 is 5.11 Å². The molecule has 5 heteroatoms. The van der Waals surface area contributed by atoms with E-state index >= 15 is 0 Å². The first-order valence-electron chi connectivity index (χ1n) is 6.43. The largest absolute Gasteiger partial charge is 0.387 e. The molecule has 1 fully saturated rings. The van der Waals surface area contributed by atoms with Crippen molar-refractivity contribution >= 4 is 35.0 Å². The van der Waals surface area contributed by atoms with Crippen molar-refractivity contribution in [3.63, 3.8) is 0 Å². The van der Waals surface area contributed by atoms with Crippen LogP contribution in [0.1, 0.15) is 13.8 Å². The number of thioether (sulfide) groups is 1. The van der Waals surface area contributed by atoms with Gasteiger partial charge in [0.1, 0.15) is 0 Å². The fourth-order valence-electron chi connectivity index (χ4n) is 2.12. The Balaban J connectivity index is 1.75. The zero-order valence-electron chi connectivity index (χ0n) is 11.2. The van der Waals surface area contributed by atoms with Crippen molar-refractivity contribution in [2.75, 3.05) is 25.4 Å². The number of rotatable bonds is 5. The average Bonchev–Trinajstić information content (AvgIpc) is 2.30. The number of hydrogen-bond donors (Lipinski definition) is 1. The predicted octanol–water partition coefficient (Wildman–Crippen LogP) is 3.79. The third kappa shape index (κ3) is 3.79. The molecule has 106 valence electrons. The molecule has 0 spiro atoms. The van der Waals surface area contributed by atoms with Crippen LogP contribution in [0.25, 0.3) is 0 Å². The molecule has 0 saturated carbocycles. The minimum Gasteiger partial charge on any atom is -0.387 e. The lowest BCUT2D eigenvalue weighted by molar-refractivity contribution is -0.125. The summed E-state index contributed by atoms with van der Waals surface area (Å²) < 4.78 is 0. The lowest BCUT2D eigenvalue weighted by Gasteiger charge is -2.49. The average molecular weight is 320 g/mol. The van der Waals surface area contributed by atoms with Crippen LogP contribution in [0.2, 0.25) is 10.0 Å². The Morgan fingerprint density at radius 3 is 2.68 bits per heavy atom. The van der Waals surface area contributed by atoms with E-state index in [-0.39, 0.29) is 0 Å². The summed E-state index contributed by atoms with van der Waals surface area (Å²) in [6, 6.07) is 5.52. The van der Waals surface area contributed by atoms with Crippen molar-refractivity contribution in [2.45, 2.75) is 24.3 Å². The summed E-state index contributed by atoms with van der Waals surface area (Å²) in [5, 5.41) is 11.6. The van der Waals surface area contributed by atoms with Crippen molar-refractivity contribution in [3.8, 4) is 0 Å². The van der Waals surface area contributed by atoms with E-state index in [1.807, 2.05) is 12.1 Å². The summed E-state index contributed by atoms with van der Waals surface area (Å²) in [6.07, 6.45) is 0. The molecule has 1 aromatic carbocycles. The van der Waals surface area contributed by atoms with Gasteiger partial charge in [0.2, 0.25) is 0 Å². The highest BCUT2D eigenvalue weighted by molar-refractivity contribution is 7.99. The maximum atomic E-state index is 10.2. The molecule has 2 rings (SSSR count). The molecule has 0 aromatic heterocycles. The first-order chi connectivity index (χ1) is 8.90. The molecule has 0 bridgehead atoms. The molecule has 1 saturated heterocycles. The summed E-state index contributed by atoms with van der Waals surface area (Å²) in [4.78, 5) is 3.29. The Hall–Kier alpha value is 0.0700. The number of likely N-dealkylation sites (tertiary alicyclic amines) is 1. The van der Waals surface area contributed by atoms with Gasteiger partial charge in [0.05, 0.1) is 10.6 Å². The van der Waals surface area contributed by atoms with Gasteiger partial charge in [-0.2, -0.15) is 0 Å². The Kier molecular flexibility index (Phi) is 5.07. The normalized spacial score (nSPS) is 18.6. The fourth-order valence-corrected chi connectivity index (χ4v) is 3.63. The van der Waals surface area contributed by atoms with Crippen LogP contribution in [0.3, 0.4) is 0 Å². The molecular formula is C14H19Cl2NOS. The van der Waals surface area contributed by atoms with E-state index in [9.17, 15) is 5.11 Å². The first kappa shape index (κ1) is 15.5. The summed E-state index contributed by atoms with van der Waals surface area (Å²) >= 11 is 13.8. The Bertz CT molecular complexity index is 447. The number of β-amino-alcohol motifs (C(OH)–C–C–N with tert-alkyl or cyclic N) is 1. The van der Waals surface area contributed by atoms with Crippen LogP contribution in [0.5, 0.6) is 0 Å². The maximum absolute atomic E-state index is 10.2. The molecule has 2 nitrogen and oxygen atoms in total. The Morgan fingerprint density at radius 1 is 1.37 bits per heavy atom.